The SMILES string of the molecule is COCCN(C)C(=O)c1ccc(N=CC(=NN)c2cc3cc(F)c(F)cc3[nH]c2=O)cc1. The first-order valence-electron chi connectivity index (χ1n) is 9.53. The van der Waals surface area contributed by atoms with Gasteiger partial charge in [0.1, 0.15) is 5.71 Å². The lowest BCUT2D eigenvalue weighted by Gasteiger charge is -2.16. The van der Waals surface area contributed by atoms with Crippen molar-refractivity contribution in [1.29, 1.82) is 0 Å². The van der Waals surface area contributed by atoms with Crippen LogP contribution in [0.5, 0.6) is 0 Å². The summed E-state index contributed by atoms with van der Waals surface area (Å²) in [6.45, 7) is 0.893. The molecule has 1 aromatic heterocycles. The Kier molecular flexibility index (Phi) is 7.06. The fourth-order valence-electron chi connectivity index (χ4n) is 2.94. The number of hydrogen-bond donors (Lipinski definition) is 2. The third-order valence-corrected chi connectivity index (χ3v) is 4.73. The predicted molar refractivity (Wildman–Crippen MR) is 119 cm³/mol. The topological polar surface area (TPSA) is 113 Å². The Morgan fingerprint density at radius 2 is 1.88 bits per heavy atom. The Morgan fingerprint density at radius 1 is 1.19 bits per heavy atom. The number of aliphatic imine (C=N–C) groups is 1. The number of benzene rings is 2. The molecule has 0 aliphatic rings. The van der Waals surface area contributed by atoms with Gasteiger partial charge in [-0.15, -0.1) is 0 Å². The summed E-state index contributed by atoms with van der Waals surface area (Å²) in [5.41, 5.74) is 0.614. The van der Waals surface area contributed by atoms with Crippen molar-refractivity contribution in [3.8, 4) is 0 Å². The summed E-state index contributed by atoms with van der Waals surface area (Å²) in [7, 11) is 3.24. The van der Waals surface area contributed by atoms with Crippen LogP contribution >= 0.6 is 0 Å². The van der Waals surface area contributed by atoms with Gasteiger partial charge in [0.2, 0.25) is 0 Å². The number of H-pyrrole nitrogens is 1. The summed E-state index contributed by atoms with van der Waals surface area (Å²) >= 11 is 0. The highest BCUT2D eigenvalue weighted by molar-refractivity contribution is 6.38. The van der Waals surface area contributed by atoms with Crippen LogP contribution in [-0.4, -0.2) is 55.0 Å². The fraction of sp³-hybridized carbons (Fsp3) is 0.182. The van der Waals surface area contributed by atoms with Gasteiger partial charge in [0.15, 0.2) is 11.6 Å². The highest BCUT2D eigenvalue weighted by Gasteiger charge is 2.13. The summed E-state index contributed by atoms with van der Waals surface area (Å²) in [5, 5.41) is 3.86. The normalized spacial score (nSPS) is 11.9. The van der Waals surface area contributed by atoms with Crippen LogP contribution in [0.1, 0.15) is 15.9 Å². The van der Waals surface area contributed by atoms with Gasteiger partial charge in [0.05, 0.1) is 29.6 Å². The molecule has 0 fully saturated rings. The second-order valence-electron chi connectivity index (χ2n) is 6.90. The minimum absolute atomic E-state index is 0.0392. The molecule has 3 aromatic rings. The van der Waals surface area contributed by atoms with Gasteiger partial charge in [-0.25, -0.2) is 8.78 Å². The zero-order valence-electron chi connectivity index (χ0n) is 17.4. The number of nitrogens with one attached hydrogen (secondary N) is 1. The minimum atomic E-state index is -1.07. The number of amides is 1. The highest BCUT2D eigenvalue weighted by Crippen LogP contribution is 2.17. The number of rotatable bonds is 7. The van der Waals surface area contributed by atoms with Crippen LogP contribution < -0.4 is 11.4 Å². The van der Waals surface area contributed by atoms with Crippen molar-refractivity contribution in [3.05, 3.63) is 75.6 Å². The number of nitrogens with two attached hydrogens (primary N) is 1. The predicted octanol–water partition coefficient (Wildman–Crippen LogP) is 2.59. The van der Waals surface area contributed by atoms with E-state index >= 15 is 0 Å². The molecule has 2 aromatic carbocycles. The quantitative estimate of drug-likeness (QED) is 0.333. The second-order valence-corrected chi connectivity index (χ2v) is 6.90. The maximum atomic E-state index is 13.6. The molecule has 10 heteroatoms. The molecule has 0 saturated carbocycles. The number of fused-ring (bicyclic) bond motifs is 1. The molecule has 0 bridgehead atoms. The molecule has 0 radical (unpaired) electrons. The molecule has 166 valence electrons. The van der Waals surface area contributed by atoms with Crippen molar-refractivity contribution in [1.82, 2.24) is 9.88 Å². The molecule has 0 spiro atoms. The Bertz CT molecular complexity index is 1250. The van der Waals surface area contributed by atoms with Crippen LogP contribution in [0.15, 0.2) is 57.4 Å². The van der Waals surface area contributed by atoms with Crippen LogP contribution in [-0.2, 0) is 4.74 Å². The van der Waals surface area contributed by atoms with Gasteiger partial charge in [0.25, 0.3) is 11.5 Å². The summed E-state index contributed by atoms with van der Waals surface area (Å²) in [5.74, 6) is 3.15. The van der Waals surface area contributed by atoms with Gasteiger partial charge >= 0.3 is 0 Å². The van der Waals surface area contributed by atoms with E-state index < -0.39 is 17.2 Å². The molecule has 0 unspecified atom stereocenters. The number of methoxy groups -OCH3 is 1. The number of nitrogens with zero attached hydrogens (tertiary/aromatic N) is 3. The average Bonchev–Trinajstić information content (AvgIpc) is 2.79. The summed E-state index contributed by atoms with van der Waals surface area (Å²) in [6, 6.07) is 9.73. The summed E-state index contributed by atoms with van der Waals surface area (Å²) in [4.78, 5) is 33.0. The lowest BCUT2D eigenvalue weighted by Crippen LogP contribution is -2.29. The number of hydrogen-bond acceptors (Lipinski definition) is 6. The molecular formula is C22H21F2N5O3. The molecule has 8 nitrogen and oxygen atoms in total. The van der Waals surface area contributed by atoms with E-state index in [-0.39, 0.29) is 28.1 Å². The van der Waals surface area contributed by atoms with Gasteiger partial charge in [-0.2, -0.15) is 5.10 Å². The third-order valence-electron chi connectivity index (χ3n) is 4.73. The van der Waals surface area contributed by atoms with Crippen molar-refractivity contribution in [3.63, 3.8) is 0 Å². The average molecular weight is 441 g/mol. The van der Waals surface area contributed by atoms with Crippen molar-refractivity contribution >= 4 is 34.4 Å². The highest BCUT2D eigenvalue weighted by atomic mass is 19.2. The largest absolute Gasteiger partial charge is 0.383 e. The number of carbonyl (C=O) groups excluding carboxylic acids is 1. The Labute approximate surface area is 182 Å². The molecule has 1 heterocycles. The van der Waals surface area contributed by atoms with E-state index in [1.807, 2.05) is 0 Å². The molecule has 3 rings (SSSR count). The van der Waals surface area contributed by atoms with Crippen LogP contribution in [0.3, 0.4) is 0 Å². The monoisotopic (exact) mass is 441 g/mol. The minimum Gasteiger partial charge on any atom is -0.383 e. The first-order chi connectivity index (χ1) is 15.3. The number of likely N-dealkylation sites (N-methyl/N-ethyl adjacent to an activating group) is 1. The standard InChI is InChI=1S/C22H21F2N5O3/c1-29(7-8-32-2)22(31)13-3-5-15(6-4-13)26-12-20(28-25)16-9-14-10-17(23)18(24)11-19(14)27-21(16)30/h3-6,9-12H,7-8,25H2,1-2H3,(H,27,30). The zero-order valence-corrected chi connectivity index (χ0v) is 17.4. The van der Waals surface area contributed by atoms with Gasteiger partial charge in [-0.05, 0) is 36.4 Å². The van der Waals surface area contributed by atoms with Gasteiger partial charge in [0, 0.05) is 37.7 Å². The van der Waals surface area contributed by atoms with Gasteiger partial charge < -0.3 is 20.5 Å². The molecular weight excluding hydrogens is 420 g/mol. The number of halogens is 2. The van der Waals surface area contributed by atoms with Crippen LogP contribution in [0, 0.1) is 11.6 Å². The van der Waals surface area contributed by atoms with E-state index in [4.69, 9.17) is 10.6 Å². The second kappa shape index (κ2) is 9.92. The number of aromatic nitrogens is 1. The summed E-state index contributed by atoms with van der Waals surface area (Å²) in [6.07, 6.45) is 1.28. The fourth-order valence-corrected chi connectivity index (χ4v) is 2.94. The van der Waals surface area contributed by atoms with E-state index in [2.05, 4.69) is 15.1 Å². The molecule has 32 heavy (non-hydrogen) atoms. The Balaban J connectivity index is 1.82. The number of pyridine rings is 1. The van der Waals surface area contributed by atoms with E-state index in [0.29, 0.717) is 24.4 Å². The van der Waals surface area contributed by atoms with Crippen LogP contribution in [0.2, 0.25) is 0 Å². The Morgan fingerprint density at radius 3 is 2.53 bits per heavy atom. The lowest BCUT2D eigenvalue weighted by atomic mass is 10.1. The molecule has 0 atom stereocenters. The van der Waals surface area contributed by atoms with E-state index in [1.54, 1.807) is 43.3 Å². The van der Waals surface area contributed by atoms with Crippen molar-refractivity contribution < 1.29 is 18.3 Å². The number of carbonyl (C=O) groups is 1. The van der Waals surface area contributed by atoms with Crippen LogP contribution in [0.4, 0.5) is 14.5 Å². The lowest BCUT2D eigenvalue weighted by molar-refractivity contribution is 0.0744. The van der Waals surface area contributed by atoms with Crippen molar-refractivity contribution in [2.75, 3.05) is 27.3 Å². The van der Waals surface area contributed by atoms with Crippen molar-refractivity contribution in [2.45, 2.75) is 0 Å². The van der Waals surface area contributed by atoms with E-state index in [0.717, 1.165) is 12.1 Å². The number of hydrazone groups is 1. The van der Waals surface area contributed by atoms with Crippen molar-refractivity contribution in [2.24, 2.45) is 15.9 Å². The molecule has 0 aliphatic heterocycles. The number of aromatic amines is 1. The van der Waals surface area contributed by atoms with E-state index in [1.165, 1.54) is 12.3 Å². The zero-order chi connectivity index (χ0) is 23.3. The summed E-state index contributed by atoms with van der Waals surface area (Å²) < 4.78 is 31.9. The smallest absolute Gasteiger partial charge is 0.258 e. The Hall–Kier alpha value is -3.92. The van der Waals surface area contributed by atoms with E-state index in [9.17, 15) is 18.4 Å². The molecule has 1 amide bonds. The molecule has 0 saturated heterocycles. The maximum absolute atomic E-state index is 13.6. The van der Waals surface area contributed by atoms with Crippen LogP contribution in [0.25, 0.3) is 10.9 Å². The number of ether oxygens (including phenoxy) is 1. The third kappa shape index (κ3) is 5.03. The van der Waals surface area contributed by atoms with Gasteiger partial charge in [-0.1, -0.05) is 0 Å². The molecule has 0 aliphatic carbocycles. The first kappa shape index (κ1) is 22.8. The maximum Gasteiger partial charge on any atom is 0.258 e. The molecule has 3 N–H and O–H groups in total. The van der Waals surface area contributed by atoms with Gasteiger partial charge in [-0.3, -0.25) is 14.6 Å². The first-order valence-corrected chi connectivity index (χ1v) is 9.53.